The average Bonchev–Trinajstić information content (AvgIpc) is 3.22. The molecule has 1 fully saturated rings. The van der Waals surface area contributed by atoms with E-state index < -0.39 is 6.10 Å². The lowest BCUT2D eigenvalue weighted by Crippen LogP contribution is -2.43. The van der Waals surface area contributed by atoms with Gasteiger partial charge in [-0.05, 0) is 36.6 Å². The Bertz CT molecular complexity index is 726. The molecule has 2 aliphatic rings. The second-order valence-electron chi connectivity index (χ2n) is 6.97. The van der Waals surface area contributed by atoms with Gasteiger partial charge in [0.1, 0.15) is 17.3 Å². The number of carbonyl (C=O) groups is 1. The van der Waals surface area contributed by atoms with Crippen LogP contribution in [0, 0.1) is 0 Å². The van der Waals surface area contributed by atoms with Crippen molar-refractivity contribution in [3.8, 4) is 5.75 Å². The standard InChI is InChI=1S/C21H25NO3/c1-2-16-11-12-19(24-16)17-9-4-3-7-13-22(17)21(23)20-14-15-8-5-6-10-18(15)25-20/h5-6,8,10-12,17,20H,2-4,7,9,13-14H2,1H3. The van der Waals surface area contributed by atoms with Crippen molar-refractivity contribution in [3.63, 3.8) is 0 Å². The Balaban J connectivity index is 1.56. The van der Waals surface area contributed by atoms with E-state index in [0.717, 1.165) is 61.5 Å². The maximum Gasteiger partial charge on any atom is 0.264 e. The van der Waals surface area contributed by atoms with Crippen LogP contribution >= 0.6 is 0 Å². The molecule has 132 valence electrons. The average molecular weight is 339 g/mol. The number of hydrogen-bond donors (Lipinski definition) is 0. The summed E-state index contributed by atoms with van der Waals surface area (Å²) in [6, 6.07) is 12.0. The first-order valence-corrected chi connectivity index (χ1v) is 9.40. The molecule has 0 radical (unpaired) electrons. The maximum absolute atomic E-state index is 13.2. The van der Waals surface area contributed by atoms with Gasteiger partial charge >= 0.3 is 0 Å². The van der Waals surface area contributed by atoms with Crippen LogP contribution in [0.15, 0.2) is 40.8 Å². The smallest absolute Gasteiger partial charge is 0.264 e. The molecule has 2 aliphatic heterocycles. The zero-order valence-electron chi connectivity index (χ0n) is 14.7. The van der Waals surface area contributed by atoms with Crippen molar-refractivity contribution in [2.45, 2.75) is 57.6 Å². The zero-order chi connectivity index (χ0) is 17.2. The number of hydrogen-bond acceptors (Lipinski definition) is 3. The quantitative estimate of drug-likeness (QED) is 0.838. The molecule has 3 heterocycles. The molecular formula is C21H25NO3. The number of aryl methyl sites for hydroxylation is 1. The molecule has 0 aliphatic carbocycles. The number of benzene rings is 1. The highest BCUT2D eigenvalue weighted by Gasteiger charge is 2.37. The predicted molar refractivity (Wildman–Crippen MR) is 95.6 cm³/mol. The van der Waals surface area contributed by atoms with Crippen LogP contribution in [-0.2, 0) is 17.6 Å². The van der Waals surface area contributed by atoms with Crippen LogP contribution in [0.5, 0.6) is 5.75 Å². The van der Waals surface area contributed by atoms with E-state index in [2.05, 4.69) is 6.92 Å². The normalized spacial score (nSPS) is 23.0. The van der Waals surface area contributed by atoms with Crippen molar-refractivity contribution in [2.24, 2.45) is 0 Å². The second-order valence-corrected chi connectivity index (χ2v) is 6.97. The largest absolute Gasteiger partial charge is 0.480 e. The van der Waals surface area contributed by atoms with Crippen LogP contribution in [0.2, 0.25) is 0 Å². The molecule has 0 N–H and O–H groups in total. The summed E-state index contributed by atoms with van der Waals surface area (Å²) in [7, 11) is 0. The minimum atomic E-state index is -0.404. The third kappa shape index (κ3) is 3.17. The van der Waals surface area contributed by atoms with Crippen LogP contribution in [0.25, 0.3) is 0 Å². The van der Waals surface area contributed by atoms with Gasteiger partial charge in [-0.15, -0.1) is 0 Å². The highest BCUT2D eigenvalue weighted by Crippen LogP contribution is 2.35. The topological polar surface area (TPSA) is 42.7 Å². The SMILES string of the molecule is CCc1ccc(C2CCCCCN2C(=O)C2Cc3ccccc3O2)o1. The third-order valence-corrected chi connectivity index (χ3v) is 5.32. The number of likely N-dealkylation sites (tertiary alicyclic amines) is 1. The van der Waals surface area contributed by atoms with Crippen molar-refractivity contribution in [1.82, 2.24) is 4.90 Å². The van der Waals surface area contributed by atoms with Crippen molar-refractivity contribution in [1.29, 1.82) is 0 Å². The molecule has 1 aromatic heterocycles. The van der Waals surface area contributed by atoms with Crippen molar-refractivity contribution < 1.29 is 13.9 Å². The second kappa shape index (κ2) is 6.95. The Morgan fingerprint density at radius 3 is 2.84 bits per heavy atom. The lowest BCUT2D eigenvalue weighted by molar-refractivity contribution is -0.140. The third-order valence-electron chi connectivity index (χ3n) is 5.32. The molecule has 2 atom stereocenters. The summed E-state index contributed by atoms with van der Waals surface area (Å²) in [4.78, 5) is 15.2. The molecule has 4 rings (SSSR count). The van der Waals surface area contributed by atoms with Crippen LogP contribution in [0.1, 0.15) is 55.7 Å². The molecule has 1 saturated heterocycles. The molecule has 4 nitrogen and oxygen atoms in total. The summed E-state index contributed by atoms with van der Waals surface area (Å²) in [6.45, 7) is 2.87. The van der Waals surface area contributed by atoms with E-state index in [1.165, 1.54) is 0 Å². The van der Waals surface area contributed by atoms with Gasteiger partial charge in [0, 0.05) is 19.4 Å². The van der Waals surface area contributed by atoms with Crippen LogP contribution in [0.3, 0.4) is 0 Å². The van der Waals surface area contributed by atoms with Crippen molar-refractivity contribution >= 4 is 5.91 Å². The molecule has 2 aromatic rings. The lowest BCUT2D eigenvalue weighted by atomic mass is 10.1. The van der Waals surface area contributed by atoms with E-state index in [1.54, 1.807) is 0 Å². The van der Waals surface area contributed by atoms with Crippen LogP contribution in [-0.4, -0.2) is 23.5 Å². The summed E-state index contributed by atoms with van der Waals surface area (Å²) >= 11 is 0. The fourth-order valence-corrected chi connectivity index (χ4v) is 3.94. The van der Waals surface area contributed by atoms with Gasteiger partial charge in [-0.3, -0.25) is 4.79 Å². The first-order chi connectivity index (χ1) is 12.3. The van der Waals surface area contributed by atoms with E-state index in [9.17, 15) is 4.79 Å². The van der Waals surface area contributed by atoms with Crippen molar-refractivity contribution in [2.75, 3.05) is 6.54 Å². The summed E-state index contributed by atoms with van der Waals surface area (Å²) in [5, 5.41) is 0. The molecule has 25 heavy (non-hydrogen) atoms. The number of ether oxygens (including phenoxy) is 1. The summed E-state index contributed by atoms with van der Waals surface area (Å²) in [5.41, 5.74) is 1.12. The number of furan rings is 1. The molecule has 0 bridgehead atoms. The number of para-hydroxylation sites is 1. The summed E-state index contributed by atoms with van der Waals surface area (Å²) in [6.07, 6.45) is 5.43. The summed E-state index contributed by atoms with van der Waals surface area (Å²) in [5.74, 6) is 2.84. The van der Waals surface area contributed by atoms with Gasteiger partial charge < -0.3 is 14.1 Å². The lowest BCUT2D eigenvalue weighted by Gasteiger charge is -2.30. The van der Waals surface area contributed by atoms with E-state index in [-0.39, 0.29) is 11.9 Å². The molecular weight excluding hydrogens is 314 g/mol. The molecule has 2 unspecified atom stereocenters. The first-order valence-electron chi connectivity index (χ1n) is 9.40. The van der Waals surface area contributed by atoms with E-state index in [1.807, 2.05) is 41.3 Å². The number of carbonyl (C=O) groups excluding carboxylic acids is 1. The van der Waals surface area contributed by atoms with Crippen molar-refractivity contribution in [3.05, 3.63) is 53.5 Å². The summed E-state index contributed by atoms with van der Waals surface area (Å²) < 4.78 is 11.9. The van der Waals surface area contributed by atoms with Gasteiger partial charge in [0.05, 0.1) is 6.04 Å². The molecule has 1 aromatic carbocycles. The number of nitrogens with zero attached hydrogens (tertiary/aromatic N) is 1. The monoisotopic (exact) mass is 339 g/mol. The zero-order valence-corrected chi connectivity index (χ0v) is 14.7. The van der Waals surface area contributed by atoms with Crippen LogP contribution in [0.4, 0.5) is 0 Å². The molecule has 1 amide bonds. The predicted octanol–water partition coefficient (Wildman–Crippen LogP) is 4.29. The van der Waals surface area contributed by atoms with Crippen LogP contribution < -0.4 is 4.74 Å². The minimum absolute atomic E-state index is 0.0302. The fraction of sp³-hybridized carbons (Fsp3) is 0.476. The first kappa shape index (κ1) is 16.2. The fourth-order valence-electron chi connectivity index (χ4n) is 3.94. The minimum Gasteiger partial charge on any atom is -0.480 e. The van der Waals surface area contributed by atoms with Gasteiger partial charge in [0.15, 0.2) is 6.10 Å². The van der Waals surface area contributed by atoms with Gasteiger partial charge in [-0.2, -0.15) is 0 Å². The molecule has 4 heteroatoms. The highest BCUT2D eigenvalue weighted by molar-refractivity contribution is 5.83. The van der Waals surface area contributed by atoms with E-state index >= 15 is 0 Å². The van der Waals surface area contributed by atoms with E-state index in [0.29, 0.717) is 6.42 Å². The van der Waals surface area contributed by atoms with Gasteiger partial charge in [-0.25, -0.2) is 0 Å². The maximum atomic E-state index is 13.2. The van der Waals surface area contributed by atoms with Gasteiger partial charge in [-0.1, -0.05) is 38.0 Å². The Morgan fingerprint density at radius 2 is 2.04 bits per heavy atom. The van der Waals surface area contributed by atoms with Gasteiger partial charge in [0.2, 0.25) is 0 Å². The number of amides is 1. The van der Waals surface area contributed by atoms with Gasteiger partial charge in [0.25, 0.3) is 5.91 Å². The molecule has 0 saturated carbocycles. The number of rotatable bonds is 3. The Kier molecular flexibility index (Phi) is 4.51. The highest BCUT2D eigenvalue weighted by atomic mass is 16.5. The number of fused-ring (bicyclic) bond motifs is 1. The van der Waals surface area contributed by atoms with E-state index in [4.69, 9.17) is 9.15 Å². The Morgan fingerprint density at radius 1 is 1.16 bits per heavy atom. The Labute approximate surface area is 148 Å². The Hall–Kier alpha value is -2.23. The molecule has 0 spiro atoms.